The van der Waals surface area contributed by atoms with Crippen LogP contribution in [0.15, 0.2) is 23.1 Å². The van der Waals surface area contributed by atoms with Gasteiger partial charge >= 0.3 is 0 Å². The second-order valence-electron chi connectivity index (χ2n) is 6.85. The Labute approximate surface area is 154 Å². The Bertz CT molecular complexity index is 847. The Hall–Kier alpha value is -0.670. The van der Waals surface area contributed by atoms with Gasteiger partial charge in [0, 0.05) is 17.1 Å². The van der Waals surface area contributed by atoms with Crippen LogP contribution in [0.4, 0.5) is 0 Å². The van der Waals surface area contributed by atoms with Crippen molar-refractivity contribution in [3.8, 4) is 0 Å². The molecule has 3 rings (SSSR count). The van der Waals surface area contributed by atoms with Crippen molar-refractivity contribution in [2.45, 2.75) is 43.2 Å². The Morgan fingerprint density at radius 3 is 2.48 bits per heavy atom. The first-order valence-electron chi connectivity index (χ1n) is 8.40. The number of hydrogen-bond donors (Lipinski definition) is 1. The van der Waals surface area contributed by atoms with Gasteiger partial charge in [0.05, 0.1) is 16.4 Å². The van der Waals surface area contributed by atoms with E-state index in [0.29, 0.717) is 42.9 Å². The molecular formula is C16H23ClN2O4S2. The van der Waals surface area contributed by atoms with Crippen LogP contribution in [0.1, 0.15) is 24.8 Å². The van der Waals surface area contributed by atoms with Gasteiger partial charge in [0.2, 0.25) is 10.0 Å². The van der Waals surface area contributed by atoms with E-state index in [4.69, 9.17) is 11.6 Å². The zero-order valence-electron chi connectivity index (χ0n) is 14.1. The first-order valence-corrected chi connectivity index (χ1v) is 12.1. The Balaban J connectivity index is 1.61. The van der Waals surface area contributed by atoms with E-state index in [1.54, 1.807) is 25.1 Å². The van der Waals surface area contributed by atoms with Gasteiger partial charge in [-0.2, -0.15) is 0 Å². The largest absolute Gasteiger partial charge is 0.299 e. The summed E-state index contributed by atoms with van der Waals surface area (Å²) in [6, 6.07) is 4.80. The molecule has 2 saturated heterocycles. The SMILES string of the molecule is Cc1c(Cl)cccc1S(=O)(=O)NC1CCN(C2CCS(=O)(=O)C2)CC1. The number of nitrogens with one attached hydrogen (secondary N) is 1. The summed E-state index contributed by atoms with van der Waals surface area (Å²) in [6.45, 7) is 3.11. The fourth-order valence-corrected chi connectivity index (χ4v) is 7.17. The van der Waals surface area contributed by atoms with Crippen molar-refractivity contribution in [2.75, 3.05) is 24.6 Å². The molecule has 1 atom stereocenters. The minimum atomic E-state index is -3.62. The molecule has 2 aliphatic rings. The van der Waals surface area contributed by atoms with Crippen LogP contribution in [0.5, 0.6) is 0 Å². The van der Waals surface area contributed by atoms with Crippen molar-refractivity contribution in [2.24, 2.45) is 0 Å². The van der Waals surface area contributed by atoms with Crippen LogP contribution < -0.4 is 4.72 Å². The Morgan fingerprint density at radius 2 is 1.88 bits per heavy atom. The number of likely N-dealkylation sites (tertiary alicyclic amines) is 1. The molecule has 9 heteroatoms. The van der Waals surface area contributed by atoms with E-state index in [-0.39, 0.29) is 28.5 Å². The number of piperidine rings is 1. The minimum absolute atomic E-state index is 0.0812. The highest BCUT2D eigenvalue weighted by Gasteiger charge is 2.35. The van der Waals surface area contributed by atoms with Gasteiger partial charge < -0.3 is 0 Å². The van der Waals surface area contributed by atoms with Gasteiger partial charge in [-0.15, -0.1) is 0 Å². The van der Waals surface area contributed by atoms with Gasteiger partial charge in [-0.05, 0) is 57.0 Å². The monoisotopic (exact) mass is 406 g/mol. The van der Waals surface area contributed by atoms with Crippen LogP contribution in [0.3, 0.4) is 0 Å². The molecule has 2 heterocycles. The number of nitrogens with zero attached hydrogens (tertiary/aromatic N) is 1. The second-order valence-corrected chi connectivity index (χ2v) is 11.2. The van der Waals surface area contributed by atoms with Crippen LogP contribution in [-0.2, 0) is 19.9 Å². The maximum atomic E-state index is 12.6. The van der Waals surface area contributed by atoms with E-state index < -0.39 is 19.9 Å². The fourth-order valence-electron chi connectivity index (χ4n) is 3.61. The first-order chi connectivity index (χ1) is 11.7. The zero-order chi connectivity index (χ0) is 18.2. The first kappa shape index (κ1) is 19.1. The zero-order valence-corrected chi connectivity index (χ0v) is 16.5. The normalized spacial score (nSPS) is 25.3. The van der Waals surface area contributed by atoms with Gasteiger partial charge in [-0.3, -0.25) is 4.90 Å². The van der Waals surface area contributed by atoms with Crippen molar-refractivity contribution in [1.82, 2.24) is 9.62 Å². The van der Waals surface area contributed by atoms with E-state index >= 15 is 0 Å². The molecule has 2 aliphatic heterocycles. The van der Waals surface area contributed by atoms with Crippen LogP contribution in [0, 0.1) is 6.92 Å². The molecule has 1 unspecified atom stereocenters. The molecule has 0 radical (unpaired) electrons. The van der Waals surface area contributed by atoms with E-state index in [1.165, 1.54) is 0 Å². The van der Waals surface area contributed by atoms with Gasteiger partial charge in [0.1, 0.15) is 0 Å². The molecule has 0 spiro atoms. The maximum absolute atomic E-state index is 12.6. The summed E-state index contributed by atoms with van der Waals surface area (Å²) in [4.78, 5) is 2.39. The highest BCUT2D eigenvalue weighted by molar-refractivity contribution is 7.91. The van der Waals surface area contributed by atoms with Crippen LogP contribution in [0.25, 0.3) is 0 Å². The Morgan fingerprint density at radius 1 is 1.20 bits per heavy atom. The van der Waals surface area contributed by atoms with Crippen molar-refractivity contribution in [1.29, 1.82) is 0 Å². The van der Waals surface area contributed by atoms with E-state index in [2.05, 4.69) is 9.62 Å². The van der Waals surface area contributed by atoms with Gasteiger partial charge in [-0.1, -0.05) is 17.7 Å². The Kier molecular flexibility index (Phi) is 5.46. The third kappa shape index (κ3) is 4.36. The van der Waals surface area contributed by atoms with E-state index in [9.17, 15) is 16.8 Å². The third-order valence-electron chi connectivity index (χ3n) is 5.08. The number of sulfonamides is 1. The lowest BCUT2D eigenvalue weighted by Gasteiger charge is -2.35. The molecular weight excluding hydrogens is 384 g/mol. The minimum Gasteiger partial charge on any atom is -0.299 e. The standard InChI is InChI=1S/C16H23ClN2O4S2/c1-12-15(17)3-2-4-16(12)25(22,23)18-13-5-8-19(9-6-13)14-7-10-24(20,21)11-14/h2-4,13-14,18H,5-11H2,1H3. The highest BCUT2D eigenvalue weighted by atomic mass is 35.5. The quantitative estimate of drug-likeness (QED) is 0.820. The molecule has 0 bridgehead atoms. The molecule has 140 valence electrons. The second kappa shape index (κ2) is 7.15. The number of hydrogen-bond acceptors (Lipinski definition) is 5. The molecule has 1 N–H and O–H groups in total. The summed E-state index contributed by atoms with van der Waals surface area (Å²) in [6.07, 6.45) is 2.03. The predicted molar refractivity (Wildman–Crippen MR) is 98.2 cm³/mol. The number of halogens is 1. The van der Waals surface area contributed by atoms with Crippen molar-refractivity contribution >= 4 is 31.5 Å². The molecule has 0 aliphatic carbocycles. The van der Waals surface area contributed by atoms with Crippen molar-refractivity contribution in [3.05, 3.63) is 28.8 Å². The summed E-state index contributed by atoms with van der Waals surface area (Å²) in [7, 11) is -6.51. The predicted octanol–water partition coefficient (Wildman–Crippen LogP) is 1.58. The summed E-state index contributed by atoms with van der Waals surface area (Å²) in [5.74, 6) is 0.489. The molecule has 0 amide bonds. The average molecular weight is 407 g/mol. The van der Waals surface area contributed by atoms with Gasteiger partial charge in [0.15, 0.2) is 9.84 Å². The molecule has 2 fully saturated rings. The van der Waals surface area contributed by atoms with Crippen LogP contribution >= 0.6 is 11.6 Å². The van der Waals surface area contributed by atoms with Crippen LogP contribution in [-0.4, -0.2) is 58.4 Å². The number of sulfone groups is 1. The molecule has 1 aromatic carbocycles. The lowest BCUT2D eigenvalue weighted by Crippen LogP contribution is -2.48. The molecule has 6 nitrogen and oxygen atoms in total. The summed E-state index contributed by atoms with van der Waals surface area (Å²) < 4.78 is 51.3. The van der Waals surface area contributed by atoms with Crippen molar-refractivity contribution < 1.29 is 16.8 Å². The topological polar surface area (TPSA) is 83.6 Å². The van der Waals surface area contributed by atoms with Crippen LogP contribution in [0.2, 0.25) is 5.02 Å². The smallest absolute Gasteiger partial charge is 0.241 e. The molecule has 25 heavy (non-hydrogen) atoms. The number of rotatable bonds is 4. The highest BCUT2D eigenvalue weighted by Crippen LogP contribution is 2.25. The summed E-state index contributed by atoms with van der Waals surface area (Å²) >= 11 is 6.03. The van der Waals surface area contributed by atoms with E-state index in [0.717, 1.165) is 0 Å². The maximum Gasteiger partial charge on any atom is 0.241 e. The summed E-state index contributed by atoms with van der Waals surface area (Å²) in [5.41, 5.74) is 0.547. The third-order valence-corrected chi connectivity index (χ3v) is 8.91. The van der Waals surface area contributed by atoms with E-state index in [1.807, 2.05) is 0 Å². The number of benzene rings is 1. The van der Waals surface area contributed by atoms with Gasteiger partial charge in [-0.25, -0.2) is 21.6 Å². The average Bonchev–Trinajstić information content (AvgIpc) is 2.90. The summed E-state index contributed by atoms with van der Waals surface area (Å²) in [5, 5.41) is 0.431. The van der Waals surface area contributed by atoms with Gasteiger partial charge in [0.25, 0.3) is 0 Å². The molecule has 0 aromatic heterocycles. The van der Waals surface area contributed by atoms with Crippen molar-refractivity contribution in [3.63, 3.8) is 0 Å². The lowest BCUT2D eigenvalue weighted by atomic mass is 10.0. The molecule has 0 saturated carbocycles. The fraction of sp³-hybridized carbons (Fsp3) is 0.625. The molecule has 1 aromatic rings. The lowest BCUT2D eigenvalue weighted by molar-refractivity contribution is 0.161.